The number of rotatable bonds is 5. The lowest BCUT2D eigenvalue weighted by molar-refractivity contribution is 0.0125. The van der Waals surface area contributed by atoms with Crippen LogP contribution in [-0.4, -0.2) is 61.2 Å². The highest BCUT2D eigenvalue weighted by molar-refractivity contribution is 5.97. The van der Waals surface area contributed by atoms with Gasteiger partial charge in [-0.05, 0) is 29.8 Å². The van der Waals surface area contributed by atoms with Crippen LogP contribution < -0.4 is 4.74 Å². The van der Waals surface area contributed by atoms with E-state index in [1.165, 1.54) is 12.1 Å². The maximum atomic E-state index is 13.0. The number of para-hydroxylation sites is 1. The molecule has 0 spiro atoms. The predicted octanol–water partition coefficient (Wildman–Crippen LogP) is 2.56. The van der Waals surface area contributed by atoms with Crippen LogP contribution >= 0.6 is 0 Å². The van der Waals surface area contributed by atoms with Crippen LogP contribution in [0.4, 0.5) is 4.39 Å². The molecular formula is C21H23FN2O3. The number of halogens is 1. The Morgan fingerprint density at radius 1 is 1.07 bits per heavy atom. The molecular weight excluding hydrogens is 347 g/mol. The molecule has 5 nitrogen and oxygen atoms in total. The number of hydrogen-bond acceptors (Lipinski definition) is 4. The third-order valence-corrected chi connectivity index (χ3v) is 4.95. The minimum absolute atomic E-state index is 0.00334. The van der Waals surface area contributed by atoms with Crippen molar-refractivity contribution in [1.82, 2.24) is 9.80 Å². The molecule has 142 valence electrons. The molecule has 4 rings (SSSR count). The van der Waals surface area contributed by atoms with Gasteiger partial charge in [-0.3, -0.25) is 9.69 Å². The van der Waals surface area contributed by atoms with E-state index in [-0.39, 0.29) is 17.8 Å². The van der Waals surface area contributed by atoms with Crippen molar-refractivity contribution in [1.29, 1.82) is 0 Å². The number of carbonyl (C=O) groups is 1. The number of ether oxygens (including phenoxy) is 2. The molecule has 0 aliphatic carbocycles. The Bertz CT molecular complexity index is 784. The van der Waals surface area contributed by atoms with Crippen molar-refractivity contribution in [3.8, 4) is 5.75 Å². The second-order valence-electron chi connectivity index (χ2n) is 6.96. The molecule has 0 saturated carbocycles. The summed E-state index contributed by atoms with van der Waals surface area (Å²) >= 11 is 0. The predicted molar refractivity (Wildman–Crippen MR) is 99.3 cm³/mol. The van der Waals surface area contributed by atoms with Gasteiger partial charge in [-0.25, -0.2) is 4.39 Å². The van der Waals surface area contributed by atoms with Crippen LogP contribution in [0.1, 0.15) is 15.9 Å². The summed E-state index contributed by atoms with van der Waals surface area (Å²) in [5.74, 6) is 0.418. The van der Waals surface area contributed by atoms with Crippen LogP contribution in [0.2, 0.25) is 0 Å². The van der Waals surface area contributed by atoms with Gasteiger partial charge in [0.05, 0.1) is 18.8 Å². The number of likely N-dealkylation sites (tertiary alicyclic amines) is 1. The van der Waals surface area contributed by atoms with Crippen molar-refractivity contribution in [3.05, 3.63) is 65.5 Å². The molecule has 0 radical (unpaired) electrons. The molecule has 2 fully saturated rings. The number of benzene rings is 2. The van der Waals surface area contributed by atoms with E-state index >= 15 is 0 Å². The summed E-state index contributed by atoms with van der Waals surface area (Å²) in [5.41, 5.74) is 1.69. The van der Waals surface area contributed by atoms with Gasteiger partial charge < -0.3 is 14.4 Å². The molecule has 0 atom stereocenters. The maximum Gasteiger partial charge on any atom is 0.257 e. The molecule has 0 aromatic heterocycles. The Labute approximate surface area is 158 Å². The van der Waals surface area contributed by atoms with E-state index in [9.17, 15) is 9.18 Å². The summed E-state index contributed by atoms with van der Waals surface area (Å²) in [6.07, 6.45) is 0.0593. The fourth-order valence-corrected chi connectivity index (χ4v) is 3.44. The Balaban J connectivity index is 1.34. The normalized spacial score (nSPS) is 18.2. The van der Waals surface area contributed by atoms with Crippen LogP contribution in [0.3, 0.4) is 0 Å². The van der Waals surface area contributed by atoms with Crippen molar-refractivity contribution in [2.45, 2.75) is 12.6 Å². The van der Waals surface area contributed by atoms with Gasteiger partial charge >= 0.3 is 0 Å². The lowest BCUT2D eigenvalue weighted by Crippen LogP contribution is -2.53. The van der Waals surface area contributed by atoms with Gasteiger partial charge in [0, 0.05) is 32.7 Å². The van der Waals surface area contributed by atoms with Crippen molar-refractivity contribution in [3.63, 3.8) is 0 Å². The maximum absolute atomic E-state index is 13.0. The molecule has 2 aliphatic rings. The summed E-state index contributed by atoms with van der Waals surface area (Å²) < 4.78 is 24.4. The molecule has 2 aliphatic heterocycles. The standard InChI is InChI=1S/C21H23FN2O3/c22-17-7-5-16(6-8-17)13-23-14-18(15-23)27-20-4-2-1-3-19(20)21(25)24-9-11-26-12-10-24/h1-8,18H,9-15H2. The van der Waals surface area contributed by atoms with Crippen molar-refractivity contribution in [2.24, 2.45) is 0 Å². The molecule has 0 N–H and O–H groups in total. The van der Waals surface area contributed by atoms with Crippen molar-refractivity contribution >= 4 is 5.91 Å². The van der Waals surface area contributed by atoms with E-state index in [4.69, 9.17) is 9.47 Å². The van der Waals surface area contributed by atoms with Gasteiger partial charge in [0.25, 0.3) is 5.91 Å². The monoisotopic (exact) mass is 370 g/mol. The zero-order valence-electron chi connectivity index (χ0n) is 15.1. The molecule has 2 saturated heterocycles. The Morgan fingerprint density at radius 2 is 1.78 bits per heavy atom. The van der Waals surface area contributed by atoms with E-state index in [0.717, 1.165) is 25.2 Å². The summed E-state index contributed by atoms with van der Waals surface area (Å²) in [6, 6.07) is 14.0. The van der Waals surface area contributed by atoms with E-state index in [1.54, 1.807) is 12.1 Å². The van der Waals surface area contributed by atoms with E-state index < -0.39 is 0 Å². The number of nitrogens with zero attached hydrogens (tertiary/aromatic N) is 2. The third-order valence-electron chi connectivity index (χ3n) is 4.95. The molecule has 0 unspecified atom stereocenters. The van der Waals surface area contributed by atoms with Crippen LogP contribution in [0.15, 0.2) is 48.5 Å². The molecule has 27 heavy (non-hydrogen) atoms. The average Bonchev–Trinajstić information content (AvgIpc) is 2.68. The highest BCUT2D eigenvalue weighted by Gasteiger charge is 2.30. The summed E-state index contributed by atoms with van der Waals surface area (Å²) in [7, 11) is 0. The zero-order chi connectivity index (χ0) is 18.6. The number of hydrogen-bond donors (Lipinski definition) is 0. The number of carbonyl (C=O) groups excluding carboxylic acids is 1. The van der Waals surface area contributed by atoms with Crippen LogP contribution in [0.5, 0.6) is 5.75 Å². The van der Waals surface area contributed by atoms with Crippen molar-refractivity contribution in [2.75, 3.05) is 39.4 Å². The molecule has 2 aromatic carbocycles. The van der Waals surface area contributed by atoms with Gasteiger partial charge in [0.1, 0.15) is 17.7 Å². The zero-order valence-corrected chi connectivity index (χ0v) is 15.1. The summed E-state index contributed by atoms with van der Waals surface area (Å²) in [4.78, 5) is 16.8. The van der Waals surface area contributed by atoms with Crippen LogP contribution in [0.25, 0.3) is 0 Å². The Kier molecular flexibility index (Phi) is 5.36. The molecule has 0 bridgehead atoms. The lowest BCUT2D eigenvalue weighted by atomic mass is 10.1. The van der Waals surface area contributed by atoms with Gasteiger partial charge in [-0.1, -0.05) is 24.3 Å². The quantitative estimate of drug-likeness (QED) is 0.811. The van der Waals surface area contributed by atoms with Gasteiger partial charge in [0.2, 0.25) is 0 Å². The van der Waals surface area contributed by atoms with Gasteiger partial charge in [0.15, 0.2) is 0 Å². The minimum atomic E-state index is -0.217. The van der Waals surface area contributed by atoms with Crippen molar-refractivity contribution < 1.29 is 18.7 Å². The van der Waals surface area contributed by atoms with Crippen LogP contribution in [0, 0.1) is 5.82 Å². The lowest BCUT2D eigenvalue weighted by Gasteiger charge is -2.39. The molecule has 1 amide bonds. The SMILES string of the molecule is O=C(c1ccccc1OC1CN(Cc2ccc(F)cc2)C1)N1CCOCC1. The number of amides is 1. The average molecular weight is 370 g/mol. The third kappa shape index (κ3) is 4.28. The first-order chi connectivity index (χ1) is 13.2. The second kappa shape index (κ2) is 8.06. The fourth-order valence-electron chi connectivity index (χ4n) is 3.44. The van der Waals surface area contributed by atoms with E-state index in [2.05, 4.69) is 4.90 Å². The highest BCUT2D eigenvalue weighted by atomic mass is 19.1. The Morgan fingerprint density at radius 3 is 2.52 bits per heavy atom. The van der Waals surface area contributed by atoms with Gasteiger partial charge in [-0.15, -0.1) is 0 Å². The largest absolute Gasteiger partial charge is 0.487 e. The van der Waals surface area contributed by atoms with Crippen LogP contribution in [-0.2, 0) is 11.3 Å². The second-order valence-corrected chi connectivity index (χ2v) is 6.96. The molecule has 6 heteroatoms. The highest BCUT2D eigenvalue weighted by Crippen LogP contribution is 2.25. The summed E-state index contributed by atoms with van der Waals surface area (Å²) in [6.45, 7) is 4.74. The topological polar surface area (TPSA) is 42.0 Å². The van der Waals surface area contributed by atoms with Gasteiger partial charge in [-0.2, -0.15) is 0 Å². The molecule has 2 aromatic rings. The first-order valence-electron chi connectivity index (χ1n) is 9.28. The molecule has 2 heterocycles. The first kappa shape index (κ1) is 17.9. The smallest absolute Gasteiger partial charge is 0.257 e. The van der Waals surface area contributed by atoms with E-state index in [1.807, 2.05) is 29.2 Å². The summed E-state index contributed by atoms with van der Waals surface area (Å²) in [5, 5.41) is 0. The fraction of sp³-hybridized carbons (Fsp3) is 0.381. The minimum Gasteiger partial charge on any atom is -0.487 e. The Hall–Kier alpha value is -2.44. The number of morpholine rings is 1. The van der Waals surface area contributed by atoms with E-state index in [0.29, 0.717) is 37.6 Å². The first-order valence-corrected chi connectivity index (χ1v) is 9.28.